The molecule has 0 spiro atoms. The minimum Gasteiger partial charge on any atom is -0.398 e. The molecular weight excluding hydrogens is 246 g/mol. The van der Waals surface area contributed by atoms with Gasteiger partial charge >= 0.3 is 0 Å². The molecule has 1 heterocycles. The molecule has 1 aliphatic heterocycles. The second-order valence-corrected chi connectivity index (χ2v) is 4.99. The number of nitro benzene ring substituents is 1. The summed E-state index contributed by atoms with van der Waals surface area (Å²) in [7, 11) is 1.71. The van der Waals surface area contributed by atoms with Crippen LogP contribution in [0.15, 0.2) is 18.2 Å². The summed E-state index contributed by atoms with van der Waals surface area (Å²) < 4.78 is 5.16. The Labute approximate surface area is 112 Å². The highest BCUT2D eigenvalue weighted by Crippen LogP contribution is 2.24. The third kappa shape index (κ3) is 3.42. The lowest BCUT2D eigenvalue weighted by molar-refractivity contribution is -0.384. The molecule has 0 bridgehead atoms. The fourth-order valence-electron chi connectivity index (χ4n) is 2.51. The van der Waals surface area contributed by atoms with Gasteiger partial charge in [-0.3, -0.25) is 15.0 Å². The molecule has 0 amide bonds. The number of nitrogen functional groups attached to an aromatic ring is 1. The van der Waals surface area contributed by atoms with E-state index in [1.807, 2.05) is 0 Å². The van der Waals surface area contributed by atoms with Gasteiger partial charge in [0, 0.05) is 38.0 Å². The van der Waals surface area contributed by atoms with Crippen molar-refractivity contribution < 1.29 is 9.66 Å². The molecule has 6 nitrogen and oxygen atoms in total. The third-order valence-electron chi connectivity index (χ3n) is 3.50. The summed E-state index contributed by atoms with van der Waals surface area (Å²) in [5.41, 5.74) is 7.42. The number of hydrogen-bond donors (Lipinski definition) is 1. The molecule has 2 rings (SSSR count). The summed E-state index contributed by atoms with van der Waals surface area (Å²) >= 11 is 0. The lowest BCUT2D eigenvalue weighted by atomic mass is 10.1. The molecular formula is C13H19N3O3. The van der Waals surface area contributed by atoms with Crippen LogP contribution in [0.25, 0.3) is 0 Å². The zero-order valence-corrected chi connectivity index (χ0v) is 11.0. The molecule has 1 aromatic rings. The van der Waals surface area contributed by atoms with Gasteiger partial charge in [0.05, 0.1) is 11.5 Å². The van der Waals surface area contributed by atoms with Crippen molar-refractivity contribution in [3.05, 3.63) is 33.9 Å². The Morgan fingerprint density at radius 3 is 3.05 bits per heavy atom. The predicted molar refractivity (Wildman–Crippen MR) is 72.8 cm³/mol. The summed E-state index contributed by atoms with van der Waals surface area (Å²) in [6.45, 7) is 3.36. The Morgan fingerprint density at radius 2 is 2.37 bits per heavy atom. The summed E-state index contributed by atoms with van der Waals surface area (Å²) in [5.74, 6) is 0.546. The highest BCUT2D eigenvalue weighted by atomic mass is 16.6. The van der Waals surface area contributed by atoms with E-state index in [4.69, 9.17) is 10.5 Å². The fourth-order valence-corrected chi connectivity index (χ4v) is 2.51. The van der Waals surface area contributed by atoms with Crippen LogP contribution in [0.5, 0.6) is 0 Å². The van der Waals surface area contributed by atoms with Gasteiger partial charge in [0.2, 0.25) is 0 Å². The molecule has 0 radical (unpaired) electrons. The highest BCUT2D eigenvalue weighted by molar-refractivity contribution is 5.52. The second kappa shape index (κ2) is 5.99. The van der Waals surface area contributed by atoms with E-state index in [1.165, 1.54) is 6.07 Å². The summed E-state index contributed by atoms with van der Waals surface area (Å²) in [5, 5.41) is 10.8. The number of likely N-dealkylation sites (tertiary alicyclic amines) is 1. The van der Waals surface area contributed by atoms with Gasteiger partial charge in [-0.2, -0.15) is 0 Å². The SMILES string of the molecule is COCC1CCN(Cc2cc([N+](=O)[O-])ccc2N)C1. The van der Waals surface area contributed by atoms with Crippen LogP contribution in [0.2, 0.25) is 0 Å². The summed E-state index contributed by atoms with van der Waals surface area (Å²) in [4.78, 5) is 12.6. The summed E-state index contributed by atoms with van der Waals surface area (Å²) in [6.07, 6.45) is 1.10. The number of benzene rings is 1. The number of rotatable bonds is 5. The van der Waals surface area contributed by atoms with E-state index >= 15 is 0 Å². The standard InChI is InChI=1S/C13H19N3O3/c1-19-9-10-4-5-15(7-10)8-11-6-12(16(17)18)2-3-13(11)14/h2-3,6,10H,4-5,7-9,14H2,1H3. The maximum Gasteiger partial charge on any atom is 0.269 e. The zero-order chi connectivity index (χ0) is 13.8. The number of methoxy groups -OCH3 is 1. The molecule has 1 atom stereocenters. The van der Waals surface area contributed by atoms with Crippen LogP contribution < -0.4 is 5.73 Å². The first kappa shape index (κ1) is 13.8. The molecule has 1 saturated heterocycles. The Morgan fingerprint density at radius 1 is 1.58 bits per heavy atom. The third-order valence-corrected chi connectivity index (χ3v) is 3.50. The number of nitrogens with two attached hydrogens (primary N) is 1. The monoisotopic (exact) mass is 265 g/mol. The van der Waals surface area contributed by atoms with Gasteiger partial charge in [-0.05, 0) is 30.5 Å². The van der Waals surface area contributed by atoms with Crippen LogP contribution in [-0.2, 0) is 11.3 Å². The van der Waals surface area contributed by atoms with Crippen molar-refractivity contribution in [3.8, 4) is 0 Å². The van der Waals surface area contributed by atoms with Crippen molar-refractivity contribution in [1.82, 2.24) is 4.90 Å². The minimum absolute atomic E-state index is 0.0943. The topological polar surface area (TPSA) is 81.6 Å². The first-order valence-corrected chi connectivity index (χ1v) is 6.34. The normalized spacial score (nSPS) is 19.7. The van der Waals surface area contributed by atoms with Gasteiger partial charge in [0.25, 0.3) is 5.69 Å². The van der Waals surface area contributed by atoms with Crippen molar-refractivity contribution in [2.45, 2.75) is 13.0 Å². The highest BCUT2D eigenvalue weighted by Gasteiger charge is 2.23. The van der Waals surface area contributed by atoms with E-state index in [0.29, 0.717) is 18.2 Å². The van der Waals surface area contributed by atoms with Crippen LogP contribution in [-0.4, -0.2) is 36.6 Å². The van der Waals surface area contributed by atoms with Crippen LogP contribution in [0.1, 0.15) is 12.0 Å². The minimum atomic E-state index is -0.388. The number of nitro groups is 1. The molecule has 1 aliphatic rings. The lowest BCUT2D eigenvalue weighted by Gasteiger charge is -2.17. The van der Waals surface area contributed by atoms with E-state index in [2.05, 4.69) is 4.90 Å². The molecule has 0 aromatic heterocycles. The van der Waals surface area contributed by atoms with Crippen LogP contribution in [0.3, 0.4) is 0 Å². The quantitative estimate of drug-likeness (QED) is 0.497. The van der Waals surface area contributed by atoms with Crippen molar-refractivity contribution in [3.63, 3.8) is 0 Å². The molecule has 19 heavy (non-hydrogen) atoms. The average molecular weight is 265 g/mol. The largest absolute Gasteiger partial charge is 0.398 e. The Kier molecular flexibility index (Phi) is 4.34. The number of ether oxygens (including phenoxy) is 1. The van der Waals surface area contributed by atoms with E-state index in [0.717, 1.165) is 31.7 Å². The van der Waals surface area contributed by atoms with Crippen LogP contribution in [0.4, 0.5) is 11.4 Å². The number of non-ortho nitro benzene ring substituents is 1. The van der Waals surface area contributed by atoms with Crippen LogP contribution >= 0.6 is 0 Å². The first-order chi connectivity index (χ1) is 9.10. The zero-order valence-electron chi connectivity index (χ0n) is 11.0. The molecule has 0 saturated carbocycles. The number of anilines is 1. The Hall–Kier alpha value is -1.66. The molecule has 1 unspecified atom stereocenters. The molecule has 0 aliphatic carbocycles. The number of nitrogens with zero attached hydrogens (tertiary/aromatic N) is 2. The van der Waals surface area contributed by atoms with Crippen LogP contribution in [0, 0.1) is 16.0 Å². The van der Waals surface area contributed by atoms with Gasteiger partial charge in [0.1, 0.15) is 0 Å². The molecule has 6 heteroatoms. The smallest absolute Gasteiger partial charge is 0.269 e. The van der Waals surface area contributed by atoms with E-state index in [1.54, 1.807) is 19.2 Å². The second-order valence-electron chi connectivity index (χ2n) is 4.99. The fraction of sp³-hybridized carbons (Fsp3) is 0.538. The van der Waals surface area contributed by atoms with Gasteiger partial charge < -0.3 is 10.5 Å². The summed E-state index contributed by atoms with van der Waals surface area (Å²) in [6, 6.07) is 4.62. The molecule has 1 fully saturated rings. The maximum atomic E-state index is 10.8. The van der Waals surface area contributed by atoms with Crippen molar-refractivity contribution in [2.75, 3.05) is 32.5 Å². The number of hydrogen-bond acceptors (Lipinski definition) is 5. The Balaban J connectivity index is 2.03. The van der Waals surface area contributed by atoms with Crippen molar-refractivity contribution >= 4 is 11.4 Å². The van der Waals surface area contributed by atoms with Gasteiger partial charge in [-0.25, -0.2) is 0 Å². The molecule has 2 N–H and O–H groups in total. The van der Waals surface area contributed by atoms with E-state index in [-0.39, 0.29) is 10.6 Å². The van der Waals surface area contributed by atoms with E-state index < -0.39 is 0 Å². The Bertz CT molecular complexity index is 464. The van der Waals surface area contributed by atoms with Gasteiger partial charge in [-0.15, -0.1) is 0 Å². The predicted octanol–water partition coefficient (Wildman–Crippen LogP) is 1.65. The van der Waals surface area contributed by atoms with Gasteiger partial charge in [0.15, 0.2) is 0 Å². The first-order valence-electron chi connectivity index (χ1n) is 6.34. The molecule has 104 valence electrons. The van der Waals surface area contributed by atoms with E-state index in [9.17, 15) is 10.1 Å². The lowest BCUT2D eigenvalue weighted by Crippen LogP contribution is -2.22. The van der Waals surface area contributed by atoms with Gasteiger partial charge in [-0.1, -0.05) is 0 Å². The average Bonchev–Trinajstić information content (AvgIpc) is 2.80. The molecule has 1 aromatic carbocycles. The van der Waals surface area contributed by atoms with Crippen molar-refractivity contribution in [2.24, 2.45) is 5.92 Å². The maximum absolute atomic E-state index is 10.8. The van der Waals surface area contributed by atoms with Crippen molar-refractivity contribution in [1.29, 1.82) is 0 Å².